The minimum atomic E-state index is -0.342. The van der Waals surface area contributed by atoms with Crippen LogP contribution in [0.5, 0.6) is 0 Å². The van der Waals surface area contributed by atoms with Gasteiger partial charge < -0.3 is 0 Å². The molecular formula is C18H21N5O2S. The molecule has 0 fully saturated rings. The molecule has 1 amide bonds. The van der Waals surface area contributed by atoms with E-state index in [1.807, 2.05) is 19.1 Å². The first-order valence-corrected chi connectivity index (χ1v) is 9.49. The van der Waals surface area contributed by atoms with E-state index in [0.717, 1.165) is 36.1 Å². The number of hydrogen-bond acceptors (Lipinski definition) is 6. The Morgan fingerprint density at radius 2 is 1.96 bits per heavy atom. The summed E-state index contributed by atoms with van der Waals surface area (Å²) in [6.45, 7) is 3.81. The van der Waals surface area contributed by atoms with Gasteiger partial charge in [-0.25, -0.2) is 4.68 Å². The number of hydrogen-bond donors (Lipinski definition) is 1. The van der Waals surface area contributed by atoms with Gasteiger partial charge in [-0.05, 0) is 19.4 Å². The third-order valence-corrected chi connectivity index (χ3v) is 4.95. The smallest absolute Gasteiger partial charge is 0.275 e. The van der Waals surface area contributed by atoms with Crippen molar-refractivity contribution in [3.63, 3.8) is 0 Å². The zero-order chi connectivity index (χ0) is 18.5. The zero-order valence-corrected chi connectivity index (χ0v) is 15.7. The molecule has 0 unspecified atom stereocenters. The first-order chi connectivity index (χ1) is 12.6. The SMILES string of the molecule is CCCCCc1nnc(NC(=O)Cn2nc(C)c3ccccc3c2=O)s1. The number of amides is 1. The van der Waals surface area contributed by atoms with Gasteiger partial charge in [-0.15, -0.1) is 10.2 Å². The number of nitrogens with one attached hydrogen (secondary N) is 1. The van der Waals surface area contributed by atoms with Crippen molar-refractivity contribution in [1.29, 1.82) is 0 Å². The summed E-state index contributed by atoms with van der Waals surface area (Å²) in [6.07, 6.45) is 4.23. The van der Waals surface area contributed by atoms with E-state index in [2.05, 4.69) is 27.5 Å². The Morgan fingerprint density at radius 3 is 2.73 bits per heavy atom. The maximum Gasteiger partial charge on any atom is 0.275 e. The van der Waals surface area contributed by atoms with Gasteiger partial charge in [0.2, 0.25) is 11.0 Å². The maximum absolute atomic E-state index is 12.5. The lowest BCUT2D eigenvalue weighted by molar-refractivity contribution is -0.117. The van der Waals surface area contributed by atoms with Gasteiger partial charge in [-0.2, -0.15) is 5.10 Å². The second-order valence-corrected chi connectivity index (χ2v) is 7.16. The number of unbranched alkanes of at least 4 members (excludes halogenated alkanes) is 2. The molecule has 136 valence electrons. The fourth-order valence-corrected chi connectivity index (χ4v) is 3.54. The molecule has 7 nitrogen and oxygen atoms in total. The van der Waals surface area contributed by atoms with Crippen molar-refractivity contribution in [2.75, 3.05) is 5.32 Å². The number of aromatic nitrogens is 4. The molecule has 0 bridgehead atoms. The number of anilines is 1. The monoisotopic (exact) mass is 371 g/mol. The average molecular weight is 371 g/mol. The van der Waals surface area contributed by atoms with Crippen molar-refractivity contribution in [2.45, 2.75) is 46.1 Å². The van der Waals surface area contributed by atoms with Gasteiger partial charge in [0.05, 0.1) is 11.1 Å². The number of carbonyl (C=O) groups excluding carboxylic acids is 1. The lowest BCUT2D eigenvalue weighted by Gasteiger charge is -2.08. The van der Waals surface area contributed by atoms with Crippen molar-refractivity contribution in [1.82, 2.24) is 20.0 Å². The standard InChI is InChI=1S/C18H21N5O2S/c1-3-4-5-10-16-20-21-18(26-16)19-15(24)11-23-17(25)14-9-7-6-8-13(14)12(2)22-23/h6-9H,3-5,10-11H2,1-2H3,(H,19,21,24). The summed E-state index contributed by atoms with van der Waals surface area (Å²) in [5.74, 6) is -0.342. The van der Waals surface area contributed by atoms with Crippen LogP contribution in [-0.2, 0) is 17.8 Å². The molecule has 1 N–H and O–H groups in total. The van der Waals surface area contributed by atoms with E-state index in [0.29, 0.717) is 16.2 Å². The normalized spacial score (nSPS) is 11.0. The molecule has 3 rings (SSSR count). The molecule has 0 radical (unpaired) electrons. The Bertz CT molecular complexity index is 979. The number of nitrogens with zero attached hydrogens (tertiary/aromatic N) is 4. The van der Waals surface area contributed by atoms with E-state index in [-0.39, 0.29) is 18.0 Å². The van der Waals surface area contributed by atoms with E-state index in [4.69, 9.17) is 0 Å². The molecule has 8 heteroatoms. The van der Waals surface area contributed by atoms with Gasteiger partial charge >= 0.3 is 0 Å². The highest BCUT2D eigenvalue weighted by Gasteiger charge is 2.13. The number of aryl methyl sites for hydroxylation is 2. The molecule has 3 aromatic rings. The van der Waals surface area contributed by atoms with Crippen LogP contribution in [0.25, 0.3) is 10.8 Å². The van der Waals surface area contributed by atoms with Gasteiger partial charge in [-0.1, -0.05) is 49.3 Å². The van der Waals surface area contributed by atoms with Crippen LogP contribution in [0.4, 0.5) is 5.13 Å². The van der Waals surface area contributed by atoms with E-state index in [9.17, 15) is 9.59 Å². The number of benzene rings is 1. The van der Waals surface area contributed by atoms with Gasteiger partial charge in [-0.3, -0.25) is 14.9 Å². The largest absolute Gasteiger partial charge is 0.299 e. The molecule has 0 aliphatic rings. The maximum atomic E-state index is 12.5. The van der Waals surface area contributed by atoms with E-state index >= 15 is 0 Å². The Hall–Kier alpha value is -2.61. The summed E-state index contributed by atoms with van der Waals surface area (Å²) in [4.78, 5) is 24.8. The van der Waals surface area contributed by atoms with Crippen LogP contribution in [0.1, 0.15) is 36.9 Å². The Labute approximate surface area is 155 Å². The molecule has 0 atom stereocenters. The molecule has 0 saturated heterocycles. The quantitative estimate of drug-likeness (QED) is 0.645. The van der Waals surface area contributed by atoms with Gasteiger partial charge in [0.25, 0.3) is 5.56 Å². The van der Waals surface area contributed by atoms with E-state index in [1.54, 1.807) is 12.1 Å². The van der Waals surface area contributed by atoms with Crippen LogP contribution in [0.15, 0.2) is 29.1 Å². The van der Waals surface area contributed by atoms with Crippen LogP contribution < -0.4 is 10.9 Å². The minimum absolute atomic E-state index is 0.157. The third-order valence-electron chi connectivity index (χ3n) is 4.05. The number of fused-ring (bicyclic) bond motifs is 1. The first kappa shape index (κ1) is 18.2. The second-order valence-electron chi connectivity index (χ2n) is 6.10. The highest BCUT2D eigenvalue weighted by molar-refractivity contribution is 7.15. The van der Waals surface area contributed by atoms with Gasteiger partial charge in [0, 0.05) is 11.8 Å². The number of rotatable bonds is 7. The van der Waals surface area contributed by atoms with Crippen LogP contribution in [0.3, 0.4) is 0 Å². The molecule has 0 spiro atoms. The summed E-state index contributed by atoms with van der Waals surface area (Å²) >= 11 is 1.37. The highest BCUT2D eigenvalue weighted by Crippen LogP contribution is 2.17. The lowest BCUT2D eigenvalue weighted by Crippen LogP contribution is -2.30. The molecule has 2 aromatic heterocycles. The van der Waals surface area contributed by atoms with Crippen LogP contribution in [0, 0.1) is 6.92 Å². The van der Waals surface area contributed by atoms with Crippen molar-refractivity contribution in [2.24, 2.45) is 0 Å². The van der Waals surface area contributed by atoms with E-state index in [1.165, 1.54) is 16.0 Å². The summed E-state index contributed by atoms with van der Waals surface area (Å²) in [7, 11) is 0. The highest BCUT2D eigenvalue weighted by atomic mass is 32.1. The average Bonchev–Trinajstić information content (AvgIpc) is 3.07. The van der Waals surface area contributed by atoms with Crippen LogP contribution >= 0.6 is 11.3 Å². The summed E-state index contributed by atoms with van der Waals surface area (Å²) in [6, 6.07) is 7.26. The second kappa shape index (κ2) is 8.18. The molecule has 1 aromatic carbocycles. The lowest BCUT2D eigenvalue weighted by atomic mass is 10.1. The number of carbonyl (C=O) groups is 1. The van der Waals surface area contributed by atoms with E-state index < -0.39 is 0 Å². The van der Waals surface area contributed by atoms with Crippen molar-refractivity contribution >= 4 is 33.1 Å². The molecular weight excluding hydrogens is 350 g/mol. The summed E-state index contributed by atoms with van der Waals surface area (Å²) < 4.78 is 1.19. The predicted molar refractivity (Wildman–Crippen MR) is 103 cm³/mol. The van der Waals surface area contributed by atoms with Crippen molar-refractivity contribution < 1.29 is 4.79 Å². The van der Waals surface area contributed by atoms with Crippen LogP contribution in [0.2, 0.25) is 0 Å². The van der Waals surface area contributed by atoms with Crippen LogP contribution in [-0.4, -0.2) is 25.9 Å². The third kappa shape index (κ3) is 4.13. The van der Waals surface area contributed by atoms with Gasteiger partial charge in [0.15, 0.2) is 0 Å². The fourth-order valence-electron chi connectivity index (χ4n) is 2.74. The first-order valence-electron chi connectivity index (χ1n) is 8.67. The van der Waals surface area contributed by atoms with Gasteiger partial charge in [0.1, 0.15) is 11.6 Å². The topological polar surface area (TPSA) is 89.8 Å². The zero-order valence-electron chi connectivity index (χ0n) is 14.9. The predicted octanol–water partition coefficient (Wildman–Crippen LogP) is 2.93. The molecule has 0 aliphatic heterocycles. The fraction of sp³-hybridized carbons (Fsp3) is 0.389. The minimum Gasteiger partial charge on any atom is -0.299 e. The molecule has 26 heavy (non-hydrogen) atoms. The Morgan fingerprint density at radius 1 is 1.19 bits per heavy atom. The Balaban J connectivity index is 1.70. The molecule has 0 aliphatic carbocycles. The summed E-state index contributed by atoms with van der Waals surface area (Å²) in [5.41, 5.74) is 0.431. The van der Waals surface area contributed by atoms with Crippen molar-refractivity contribution in [3.8, 4) is 0 Å². The molecule has 2 heterocycles. The Kier molecular flexibility index (Phi) is 5.72. The van der Waals surface area contributed by atoms with Crippen molar-refractivity contribution in [3.05, 3.63) is 45.3 Å². The molecule has 0 saturated carbocycles. The summed E-state index contributed by atoms with van der Waals surface area (Å²) in [5, 5.41) is 17.8.